The smallest absolute Gasteiger partial charge is 0.251 e. The molecular formula is C15H23NO3. The molecule has 4 nitrogen and oxygen atoms in total. The molecular weight excluding hydrogens is 242 g/mol. The third-order valence-electron chi connectivity index (χ3n) is 2.76. The summed E-state index contributed by atoms with van der Waals surface area (Å²) in [6, 6.07) is 5.78. The fraction of sp³-hybridized carbons (Fsp3) is 0.533. The van der Waals surface area contributed by atoms with Gasteiger partial charge in [0.2, 0.25) is 0 Å². The number of aryl methyl sites for hydroxylation is 2. The molecule has 0 heterocycles. The van der Waals surface area contributed by atoms with Crippen molar-refractivity contribution in [3.8, 4) is 0 Å². The lowest BCUT2D eigenvalue weighted by molar-refractivity contribution is -0.131. The number of amides is 1. The van der Waals surface area contributed by atoms with Crippen LogP contribution in [0.1, 0.15) is 35.3 Å². The van der Waals surface area contributed by atoms with Crippen molar-refractivity contribution in [1.29, 1.82) is 0 Å². The molecule has 0 bridgehead atoms. The predicted octanol–water partition coefficient (Wildman–Crippen LogP) is 2.43. The van der Waals surface area contributed by atoms with Gasteiger partial charge in [-0.1, -0.05) is 17.7 Å². The molecule has 0 saturated heterocycles. The van der Waals surface area contributed by atoms with E-state index in [1.165, 1.54) is 0 Å². The van der Waals surface area contributed by atoms with Crippen LogP contribution in [0, 0.1) is 13.8 Å². The lowest BCUT2D eigenvalue weighted by Gasteiger charge is -2.17. The quantitative estimate of drug-likeness (QED) is 0.770. The van der Waals surface area contributed by atoms with Crippen molar-refractivity contribution in [2.24, 2.45) is 0 Å². The van der Waals surface area contributed by atoms with Crippen LogP contribution in [-0.2, 0) is 9.47 Å². The van der Waals surface area contributed by atoms with Crippen LogP contribution in [0.3, 0.4) is 0 Å². The van der Waals surface area contributed by atoms with E-state index < -0.39 is 0 Å². The summed E-state index contributed by atoms with van der Waals surface area (Å²) >= 11 is 0. The number of ether oxygens (including phenoxy) is 2. The Morgan fingerprint density at radius 2 is 1.84 bits per heavy atom. The number of carbonyl (C=O) groups is 1. The summed E-state index contributed by atoms with van der Waals surface area (Å²) < 4.78 is 10.8. The van der Waals surface area contributed by atoms with Crippen molar-refractivity contribution >= 4 is 5.91 Å². The highest BCUT2D eigenvalue weighted by Gasteiger charge is 2.12. The number of carbonyl (C=O) groups excluding carboxylic acids is 1. The van der Waals surface area contributed by atoms with E-state index in [2.05, 4.69) is 5.32 Å². The average Bonchev–Trinajstić information content (AvgIpc) is 2.36. The lowest BCUT2D eigenvalue weighted by Crippen LogP contribution is -2.35. The normalized spacial score (nSPS) is 10.8. The Labute approximate surface area is 115 Å². The van der Waals surface area contributed by atoms with Gasteiger partial charge in [0.25, 0.3) is 5.91 Å². The lowest BCUT2D eigenvalue weighted by atomic mass is 10.1. The monoisotopic (exact) mass is 265 g/mol. The van der Waals surface area contributed by atoms with Gasteiger partial charge < -0.3 is 14.8 Å². The first kappa shape index (κ1) is 15.7. The Morgan fingerprint density at radius 1 is 1.21 bits per heavy atom. The van der Waals surface area contributed by atoms with Crippen molar-refractivity contribution in [2.75, 3.05) is 19.8 Å². The highest BCUT2D eigenvalue weighted by molar-refractivity contribution is 5.95. The first-order valence-electron chi connectivity index (χ1n) is 6.67. The Kier molecular flexibility index (Phi) is 6.53. The second-order valence-corrected chi connectivity index (χ2v) is 4.37. The molecule has 106 valence electrons. The zero-order valence-electron chi connectivity index (χ0n) is 12.2. The molecule has 1 N–H and O–H groups in total. The van der Waals surface area contributed by atoms with E-state index in [-0.39, 0.29) is 12.2 Å². The zero-order chi connectivity index (χ0) is 14.3. The number of nitrogens with one attached hydrogen (secondary N) is 1. The van der Waals surface area contributed by atoms with Gasteiger partial charge in [-0.3, -0.25) is 4.79 Å². The van der Waals surface area contributed by atoms with Crippen molar-refractivity contribution in [3.63, 3.8) is 0 Å². The van der Waals surface area contributed by atoms with Crippen molar-refractivity contribution in [3.05, 3.63) is 34.9 Å². The molecule has 0 spiro atoms. The molecule has 0 aliphatic heterocycles. The molecule has 0 atom stereocenters. The Bertz CT molecular complexity index is 412. The topological polar surface area (TPSA) is 47.6 Å². The highest BCUT2D eigenvalue weighted by atomic mass is 16.7. The maximum absolute atomic E-state index is 12.1. The summed E-state index contributed by atoms with van der Waals surface area (Å²) in [6.45, 7) is 9.22. The van der Waals surface area contributed by atoms with Crippen LogP contribution in [0.5, 0.6) is 0 Å². The summed E-state index contributed by atoms with van der Waals surface area (Å²) in [5.41, 5.74) is 2.81. The minimum absolute atomic E-state index is 0.0955. The minimum Gasteiger partial charge on any atom is -0.351 e. The molecule has 1 aromatic carbocycles. The molecule has 0 aliphatic rings. The van der Waals surface area contributed by atoms with Gasteiger partial charge in [-0.2, -0.15) is 0 Å². The maximum Gasteiger partial charge on any atom is 0.251 e. The first-order chi connectivity index (χ1) is 9.08. The molecule has 4 heteroatoms. The number of hydrogen-bond donors (Lipinski definition) is 1. The van der Waals surface area contributed by atoms with Crippen LogP contribution >= 0.6 is 0 Å². The van der Waals surface area contributed by atoms with E-state index in [1.807, 2.05) is 45.9 Å². The molecule has 0 fully saturated rings. The van der Waals surface area contributed by atoms with Gasteiger partial charge in [-0.05, 0) is 39.3 Å². The van der Waals surface area contributed by atoms with Gasteiger partial charge in [0.15, 0.2) is 6.29 Å². The SMILES string of the molecule is CCOC(CNC(=O)c1ccc(C)cc1C)OCC. The molecule has 0 radical (unpaired) electrons. The van der Waals surface area contributed by atoms with Crippen molar-refractivity contribution in [1.82, 2.24) is 5.32 Å². The zero-order valence-corrected chi connectivity index (χ0v) is 12.2. The molecule has 0 aliphatic carbocycles. The predicted molar refractivity (Wildman–Crippen MR) is 75.3 cm³/mol. The van der Waals surface area contributed by atoms with Crippen LogP contribution in [0.15, 0.2) is 18.2 Å². The largest absolute Gasteiger partial charge is 0.351 e. The minimum atomic E-state index is -0.385. The maximum atomic E-state index is 12.1. The van der Waals surface area contributed by atoms with E-state index in [9.17, 15) is 4.79 Å². The van der Waals surface area contributed by atoms with Gasteiger partial charge in [0, 0.05) is 18.8 Å². The van der Waals surface area contributed by atoms with E-state index in [4.69, 9.17) is 9.47 Å². The summed E-state index contributed by atoms with van der Waals surface area (Å²) in [7, 11) is 0. The number of hydrogen-bond acceptors (Lipinski definition) is 3. The van der Waals surface area contributed by atoms with E-state index >= 15 is 0 Å². The molecule has 19 heavy (non-hydrogen) atoms. The summed E-state index contributed by atoms with van der Waals surface area (Å²) in [4.78, 5) is 12.1. The van der Waals surface area contributed by atoms with E-state index in [0.717, 1.165) is 11.1 Å². The summed E-state index contributed by atoms with van der Waals surface area (Å²) in [5.74, 6) is -0.0955. The van der Waals surface area contributed by atoms with Gasteiger partial charge in [0.05, 0.1) is 6.54 Å². The standard InChI is InChI=1S/C15H23NO3/c1-5-18-14(19-6-2)10-16-15(17)13-8-7-11(3)9-12(13)4/h7-9,14H,5-6,10H2,1-4H3,(H,16,17). The molecule has 0 aromatic heterocycles. The van der Waals surface area contributed by atoms with Crippen molar-refractivity contribution < 1.29 is 14.3 Å². The summed E-state index contributed by atoms with van der Waals surface area (Å²) in [6.07, 6.45) is -0.385. The molecule has 0 saturated carbocycles. The molecule has 1 rings (SSSR count). The average molecular weight is 265 g/mol. The van der Waals surface area contributed by atoms with Crippen LogP contribution in [0.2, 0.25) is 0 Å². The third kappa shape index (κ3) is 5.01. The molecule has 1 amide bonds. The summed E-state index contributed by atoms with van der Waals surface area (Å²) in [5, 5.41) is 2.84. The highest BCUT2D eigenvalue weighted by Crippen LogP contribution is 2.10. The van der Waals surface area contributed by atoms with Gasteiger partial charge in [0.1, 0.15) is 0 Å². The molecule has 1 aromatic rings. The third-order valence-corrected chi connectivity index (χ3v) is 2.76. The number of benzene rings is 1. The van der Waals surface area contributed by atoms with Gasteiger partial charge in [-0.15, -0.1) is 0 Å². The van der Waals surface area contributed by atoms with Crippen LogP contribution in [0.4, 0.5) is 0 Å². The first-order valence-corrected chi connectivity index (χ1v) is 6.67. The van der Waals surface area contributed by atoms with Crippen LogP contribution in [0.25, 0.3) is 0 Å². The van der Waals surface area contributed by atoms with Crippen LogP contribution < -0.4 is 5.32 Å². The second-order valence-electron chi connectivity index (χ2n) is 4.37. The Balaban J connectivity index is 2.58. The Hall–Kier alpha value is -1.39. The van der Waals surface area contributed by atoms with Gasteiger partial charge >= 0.3 is 0 Å². The second kappa shape index (κ2) is 7.92. The van der Waals surface area contributed by atoms with Crippen LogP contribution in [-0.4, -0.2) is 32.0 Å². The van der Waals surface area contributed by atoms with Gasteiger partial charge in [-0.25, -0.2) is 0 Å². The molecule has 0 unspecified atom stereocenters. The number of rotatable bonds is 7. The van der Waals surface area contributed by atoms with E-state index in [1.54, 1.807) is 0 Å². The van der Waals surface area contributed by atoms with Crippen molar-refractivity contribution in [2.45, 2.75) is 34.0 Å². The fourth-order valence-electron chi connectivity index (χ4n) is 1.88. The fourth-order valence-corrected chi connectivity index (χ4v) is 1.88. The Morgan fingerprint density at radius 3 is 2.37 bits per heavy atom. The van der Waals surface area contributed by atoms with E-state index in [0.29, 0.717) is 25.3 Å².